The fourth-order valence-corrected chi connectivity index (χ4v) is 2.97. The van der Waals surface area contributed by atoms with Gasteiger partial charge in [0.2, 0.25) is 6.41 Å². The van der Waals surface area contributed by atoms with E-state index in [2.05, 4.69) is 15.5 Å². The average molecular weight is 369 g/mol. The first-order valence-corrected chi connectivity index (χ1v) is 8.72. The van der Waals surface area contributed by atoms with Crippen molar-refractivity contribution in [3.8, 4) is 11.5 Å². The molecule has 2 amide bonds. The topological polar surface area (TPSA) is 96.9 Å². The fraction of sp³-hybridized carbons (Fsp3) is 0.333. The lowest BCUT2D eigenvalue weighted by molar-refractivity contribution is -0.119. The zero-order valence-corrected chi connectivity index (χ0v) is 14.6. The number of carbonyl (C=O) groups is 2. The van der Waals surface area contributed by atoms with Crippen LogP contribution in [0, 0.1) is 0 Å². The summed E-state index contributed by atoms with van der Waals surface area (Å²) in [5.74, 6) is 1.74. The van der Waals surface area contributed by atoms with Crippen molar-refractivity contribution in [2.75, 3.05) is 44.7 Å². The maximum absolute atomic E-state index is 12.5. The number of amides is 2. The van der Waals surface area contributed by atoms with E-state index in [0.717, 1.165) is 12.1 Å². The molecule has 1 aromatic carbocycles. The van der Waals surface area contributed by atoms with E-state index < -0.39 is 0 Å². The number of benzene rings is 1. The van der Waals surface area contributed by atoms with Crippen LogP contribution in [0.4, 0.5) is 11.5 Å². The monoisotopic (exact) mass is 369 g/mol. The standard InChI is InChI=1S/C18H19N5O4/c24-12-22-5-7-23(8-6-22)18(25)14-2-4-17(21-20-14)19-13-1-3-15-16(11-13)27-10-9-26-15/h1-4,11-12H,5-10H2,(H,19,21). The molecule has 140 valence electrons. The normalized spacial score (nSPS) is 16.0. The lowest BCUT2D eigenvalue weighted by Crippen LogP contribution is -2.48. The molecule has 9 nitrogen and oxygen atoms in total. The summed E-state index contributed by atoms with van der Waals surface area (Å²) in [5.41, 5.74) is 1.07. The smallest absolute Gasteiger partial charge is 0.274 e. The largest absolute Gasteiger partial charge is 0.486 e. The first-order chi connectivity index (χ1) is 13.2. The quantitative estimate of drug-likeness (QED) is 0.800. The lowest BCUT2D eigenvalue weighted by Gasteiger charge is -2.32. The number of hydrogen-bond donors (Lipinski definition) is 1. The lowest BCUT2D eigenvalue weighted by atomic mass is 10.2. The molecule has 3 heterocycles. The van der Waals surface area contributed by atoms with Crippen molar-refractivity contribution in [1.82, 2.24) is 20.0 Å². The van der Waals surface area contributed by atoms with Gasteiger partial charge in [0, 0.05) is 37.9 Å². The summed E-state index contributed by atoms with van der Waals surface area (Å²) in [4.78, 5) is 26.6. The molecule has 4 rings (SSSR count). The second kappa shape index (κ2) is 7.48. The fourth-order valence-electron chi connectivity index (χ4n) is 2.97. The number of rotatable bonds is 4. The number of nitrogens with one attached hydrogen (secondary N) is 1. The van der Waals surface area contributed by atoms with Gasteiger partial charge >= 0.3 is 0 Å². The van der Waals surface area contributed by atoms with Crippen LogP contribution in [0.3, 0.4) is 0 Å². The maximum atomic E-state index is 12.5. The molecule has 2 aliphatic rings. The molecule has 0 unspecified atom stereocenters. The summed E-state index contributed by atoms with van der Waals surface area (Å²) >= 11 is 0. The number of carbonyl (C=O) groups excluding carboxylic acids is 2. The van der Waals surface area contributed by atoms with Gasteiger partial charge in [0.15, 0.2) is 23.0 Å². The maximum Gasteiger partial charge on any atom is 0.274 e. The molecule has 0 spiro atoms. The Balaban J connectivity index is 1.40. The van der Waals surface area contributed by atoms with Crippen LogP contribution in [0.2, 0.25) is 0 Å². The predicted octanol–water partition coefficient (Wildman–Crippen LogP) is 0.906. The summed E-state index contributed by atoms with van der Waals surface area (Å²) < 4.78 is 11.1. The predicted molar refractivity (Wildman–Crippen MR) is 96.3 cm³/mol. The Labute approximate surface area is 155 Å². The number of fused-ring (bicyclic) bond motifs is 1. The Hall–Kier alpha value is -3.36. The SMILES string of the molecule is O=CN1CCN(C(=O)c2ccc(Nc3ccc4c(c3)OCCO4)nn2)CC1. The highest BCUT2D eigenvalue weighted by atomic mass is 16.6. The van der Waals surface area contributed by atoms with Gasteiger partial charge in [0.25, 0.3) is 5.91 Å². The second-order valence-electron chi connectivity index (χ2n) is 6.22. The molecule has 0 radical (unpaired) electrons. The van der Waals surface area contributed by atoms with Crippen molar-refractivity contribution in [3.05, 3.63) is 36.0 Å². The minimum atomic E-state index is -0.182. The van der Waals surface area contributed by atoms with Crippen LogP contribution >= 0.6 is 0 Å². The van der Waals surface area contributed by atoms with Crippen molar-refractivity contribution in [3.63, 3.8) is 0 Å². The number of anilines is 2. The molecular weight excluding hydrogens is 350 g/mol. The van der Waals surface area contributed by atoms with Crippen molar-refractivity contribution in [1.29, 1.82) is 0 Å². The Morgan fingerprint density at radius 1 is 1.00 bits per heavy atom. The molecule has 27 heavy (non-hydrogen) atoms. The van der Waals surface area contributed by atoms with E-state index in [-0.39, 0.29) is 11.6 Å². The molecule has 0 atom stereocenters. The number of ether oxygens (including phenoxy) is 2. The summed E-state index contributed by atoms with van der Waals surface area (Å²) in [5, 5.41) is 11.3. The molecule has 0 aliphatic carbocycles. The van der Waals surface area contributed by atoms with Crippen LogP contribution < -0.4 is 14.8 Å². The van der Waals surface area contributed by atoms with Crippen LogP contribution in [0.5, 0.6) is 11.5 Å². The van der Waals surface area contributed by atoms with E-state index in [1.54, 1.807) is 21.9 Å². The van der Waals surface area contributed by atoms with E-state index in [4.69, 9.17) is 9.47 Å². The molecule has 1 fully saturated rings. The van der Waals surface area contributed by atoms with Gasteiger partial charge in [-0.15, -0.1) is 10.2 Å². The molecule has 1 aromatic heterocycles. The van der Waals surface area contributed by atoms with Gasteiger partial charge in [0.05, 0.1) is 0 Å². The third kappa shape index (κ3) is 3.76. The van der Waals surface area contributed by atoms with E-state index in [1.807, 2.05) is 18.2 Å². The molecule has 2 aromatic rings. The molecule has 1 saturated heterocycles. The summed E-state index contributed by atoms with van der Waals surface area (Å²) in [6, 6.07) is 8.88. The molecule has 2 aliphatic heterocycles. The van der Waals surface area contributed by atoms with Crippen molar-refractivity contribution >= 4 is 23.8 Å². The van der Waals surface area contributed by atoms with Crippen molar-refractivity contribution in [2.45, 2.75) is 0 Å². The first-order valence-electron chi connectivity index (χ1n) is 8.72. The zero-order valence-electron chi connectivity index (χ0n) is 14.6. The van der Waals surface area contributed by atoms with E-state index in [0.29, 0.717) is 56.7 Å². The van der Waals surface area contributed by atoms with Crippen molar-refractivity contribution in [2.24, 2.45) is 0 Å². The minimum absolute atomic E-state index is 0.182. The highest BCUT2D eigenvalue weighted by Gasteiger charge is 2.22. The van der Waals surface area contributed by atoms with Gasteiger partial charge in [-0.2, -0.15) is 0 Å². The zero-order chi connectivity index (χ0) is 18.6. The summed E-state index contributed by atoms with van der Waals surface area (Å²) in [7, 11) is 0. The average Bonchev–Trinajstić information content (AvgIpc) is 2.74. The Bertz CT molecular complexity index is 834. The summed E-state index contributed by atoms with van der Waals surface area (Å²) in [6.07, 6.45) is 0.806. The van der Waals surface area contributed by atoms with E-state index >= 15 is 0 Å². The molecule has 9 heteroatoms. The van der Waals surface area contributed by atoms with Gasteiger partial charge in [-0.1, -0.05) is 0 Å². The van der Waals surface area contributed by atoms with Gasteiger partial charge in [-0.3, -0.25) is 9.59 Å². The first kappa shape index (κ1) is 17.1. The van der Waals surface area contributed by atoms with Crippen molar-refractivity contribution < 1.29 is 19.1 Å². The number of aromatic nitrogens is 2. The Morgan fingerprint density at radius 3 is 2.48 bits per heavy atom. The number of piperazine rings is 1. The Morgan fingerprint density at radius 2 is 1.78 bits per heavy atom. The van der Waals surface area contributed by atoms with Crippen LogP contribution in [-0.4, -0.2) is 71.7 Å². The number of hydrogen-bond acceptors (Lipinski definition) is 7. The van der Waals surface area contributed by atoms with Gasteiger partial charge in [0.1, 0.15) is 13.2 Å². The summed E-state index contributed by atoms with van der Waals surface area (Å²) in [6.45, 7) is 3.13. The number of nitrogens with zero attached hydrogens (tertiary/aromatic N) is 4. The molecular formula is C18H19N5O4. The van der Waals surface area contributed by atoms with E-state index in [9.17, 15) is 9.59 Å². The highest BCUT2D eigenvalue weighted by molar-refractivity contribution is 5.92. The molecule has 1 N–H and O–H groups in total. The van der Waals surface area contributed by atoms with Gasteiger partial charge in [-0.05, 0) is 24.3 Å². The third-order valence-electron chi connectivity index (χ3n) is 4.45. The van der Waals surface area contributed by atoms with Gasteiger partial charge < -0.3 is 24.6 Å². The molecule has 0 saturated carbocycles. The highest BCUT2D eigenvalue weighted by Crippen LogP contribution is 2.33. The van der Waals surface area contributed by atoms with Crippen LogP contribution in [0.25, 0.3) is 0 Å². The third-order valence-corrected chi connectivity index (χ3v) is 4.45. The van der Waals surface area contributed by atoms with Gasteiger partial charge in [-0.25, -0.2) is 0 Å². The van der Waals surface area contributed by atoms with E-state index in [1.165, 1.54) is 0 Å². The van der Waals surface area contributed by atoms with Crippen LogP contribution in [0.1, 0.15) is 10.5 Å². The minimum Gasteiger partial charge on any atom is -0.486 e. The van der Waals surface area contributed by atoms with Crippen LogP contribution in [-0.2, 0) is 4.79 Å². The van der Waals surface area contributed by atoms with Crippen LogP contribution in [0.15, 0.2) is 30.3 Å². The second-order valence-corrected chi connectivity index (χ2v) is 6.22. The Kier molecular flexibility index (Phi) is 4.73. The molecule has 0 bridgehead atoms.